The summed E-state index contributed by atoms with van der Waals surface area (Å²) < 4.78 is 0. The SMILES string of the molecule is CCCc1ccc(NC(=O)C2CNc3ccccc32)cc1. The predicted octanol–water partition coefficient (Wildman–Crippen LogP) is 3.79. The van der Waals surface area contributed by atoms with Crippen LogP contribution in [0.4, 0.5) is 11.4 Å². The molecule has 0 saturated heterocycles. The Bertz CT molecular complexity index is 634. The summed E-state index contributed by atoms with van der Waals surface area (Å²) in [6.07, 6.45) is 2.21. The van der Waals surface area contributed by atoms with Crippen molar-refractivity contribution in [3.63, 3.8) is 0 Å². The van der Waals surface area contributed by atoms with Gasteiger partial charge < -0.3 is 10.6 Å². The largest absolute Gasteiger partial charge is 0.384 e. The molecule has 2 aromatic rings. The van der Waals surface area contributed by atoms with Gasteiger partial charge in [-0.3, -0.25) is 4.79 Å². The summed E-state index contributed by atoms with van der Waals surface area (Å²) in [6, 6.07) is 16.1. The quantitative estimate of drug-likeness (QED) is 0.894. The molecule has 0 aromatic heterocycles. The number of hydrogen-bond acceptors (Lipinski definition) is 2. The van der Waals surface area contributed by atoms with Crippen LogP contribution in [0.15, 0.2) is 48.5 Å². The monoisotopic (exact) mass is 280 g/mol. The third-order valence-corrected chi connectivity index (χ3v) is 3.91. The van der Waals surface area contributed by atoms with Crippen LogP contribution in [-0.4, -0.2) is 12.5 Å². The Morgan fingerprint density at radius 3 is 2.71 bits per heavy atom. The average molecular weight is 280 g/mol. The van der Waals surface area contributed by atoms with E-state index in [1.165, 1.54) is 5.56 Å². The zero-order valence-electron chi connectivity index (χ0n) is 12.2. The molecule has 2 N–H and O–H groups in total. The van der Waals surface area contributed by atoms with Gasteiger partial charge >= 0.3 is 0 Å². The number of aryl methyl sites for hydroxylation is 1. The van der Waals surface area contributed by atoms with Crippen molar-refractivity contribution in [3.05, 3.63) is 59.7 Å². The Morgan fingerprint density at radius 1 is 1.19 bits per heavy atom. The molecule has 0 spiro atoms. The van der Waals surface area contributed by atoms with Crippen LogP contribution >= 0.6 is 0 Å². The molecule has 3 nitrogen and oxygen atoms in total. The standard InChI is InChI=1S/C18H20N2O/c1-2-5-13-8-10-14(11-9-13)20-18(21)16-12-19-17-7-4-3-6-15(16)17/h3-4,6-11,16,19H,2,5,12H2,1H3,(H,20,21). The highest BCUT2D eigenvalue weighted by Gasteiger charge is 2.27. The first kappa shape index (κ1) is 13.7. The van der Waals surface area contributed by atoms with Crippen molar-refractivity contribution in [2.45, 2.75) is 25.7 Å². The van der Waals surface area contributed by atoms with Gasteiger partial charge in [0.15, 0.2) is 0 Å². The Labute approximate surface area is 125 Å². The second kappa shape index (κ2) is 6.00. The maximum Gasteiger partial charge on any atom is 0.233 e. The van der Waals surface area contributed by atoms with Crippen LogP contribution in [0.25, 0.3) is 0 Å². The van der Waals surface area contributed by atoms with E-state index in [-0.39, 0.29) is 11.8 Å². The van der Waals surface area contributed by atoms with Crippen molar-refractivity contribution in [2.75, 3.05) is 17.2 Å². The molecule has 1 aliphatic heterocycles. The molecule has 2 aromatic carbocycles. The smallest absolute Gasteiger partial charge is 0.233 e. The fourth-order valence-corrected chi connectivity index (χ4v) is 2.79. The fraction of sp³-hybridized carbons (Fsp3) is 0.278. The van der Waals surface area contributed by atoms with Gasteiger partial charge in [-0.2, -0.15) is 0 Å². The highest BCUT2D eigenvalue weighted by atomic mass is 16.1. The van der Waals surface area contributed by atoms with Gasteiger partial charge in [-0.25, -0.2) is 0 Å². The second-order valence-corrected chi connectivity index (χ2v) is 5.46. The van der Waals surface area contributed by atoms with E-state index in [0.717, 1.165) is 29.8 Å². The van der Waals surface area contributed by atoms with Crippen LogP contribution in [-0.2, 0) is 11.2 Å². The lowest BCUT2D eigenvalue weighted by molar-refractivity contribution is -0.117. The number of para-hydroxylation sites is 1. The molecular weight excluding hydrogens is 260 g/mol. The number of carbonyl (C=O) groups is 1. The maximum absolute atomic E-state index is 12.4. The van der Waals surface area contributed by atoms with Gasteiger partial charge in [0.2, 0.25) is 5.91 Å². The minimum absolute atomic E-state index is 0.0516. The third kappa shape index (κ3) is 2.92. The molecule has 0 bridgehead atoms. The van der Waals surface area contributed by atoms with E-state index in [2.05, 4.69) is 29.7 Å². The molecule has 108 valence electrons. The Morgan fingerprint density at radius 2 is 1.95 bits per heavy atom. The van der Waals surface area contributed by atoms with E-state index < -0.39 is 0 Å². The van der Waals surface area contributed by atoms with Crippen molar-refractivity contribution in [3.8, 4) is 0 Å². The average Bonchev–Trinajstić information content (AvgIpc) is 2.93. The van der Waals surface area contributed by atoms with Gasteiger partial charge in [0.05, 0.1) is 5.92 Å². The van der Waals surface area contributed by atoms with Gasteiger partial charge in [0, 0.05) is 17.9 Å². The zero-order chi connectivity index (χ0) is 14.7. The van der Waals surface area contributed by atoms with E-state index in [4.69, 9.17) is 0 Å². The molecule has 21 heavy (non-hydrogen) atoms. The summed E-state index contributed by atoms with van der Waals surface area (Å²) in [4.78, 5) is 12.4. The normalized spacial score (nSPS) is 16.1. The van der Waals surface area contributed by atoms with E-state index in [1.54, 1.807) is 0 Å². The first-order chi connectivity index (χ1) is 10.3. The van der Waals surface area contributed by atoms with Crippen LogP contribution in [0.5, 0.6) is 0 Å². The van der Waals surface area contributed by atoms with Crippen LogP contribution in [0.1, 0.15) is 30.4 Å². The molecule has 1 heterocycles. The number of fused-ring (bicyclic) bond motifs is 1. The molecule has 0 saturated carbocycles. The van der Waals surface area contributed by atoms with Gasteiger partial charge in [-0.1, -0.05) is 43.7 Å². The van der Waals surface area contributed by atoms with E-state index >= 15 is 0 Å². The lowest BCUT2D eigenvalue weighted by Crippen LogP contribution is -2.22. The van der Waals surface area contributed by atoms with Gasteiger partial charge in [0.25, 0.3) is 0 Å². The molecule has 1 aliphatic rings. The summed E-state index contributed by atoms with van der Waals surface area (Å²) in [6.45, 7) is 2.83. The van der Waals surface area contributed by atoms with Crippen LogP contribution < -0.4 is 10.6 Å². The molecule has 3 heteroatoms. The zero-order valence-corrected chi connectivity index (χ0v) is 12.2. The van der Waals surface area contributed by atoms with Crippen LogP contribution in [0.2, 0.25) is 0 Å². The van der Waals surface area contributed by atoms with Crippen molar-refractivity contribution in [2.24, 2.45) is 0 Å². The number of hydrogen-bond donors (Lipinski definition) is 2. The van der Waals surface area contributed by atoms with Gasteiger partial charge in [0.1, 0.15) is 0 Å². The van der Waals surface area contributed by atoms with Crippen molar-refractivity contribution >= 4 is 17.3 Å². The summed E-state index contributed by atoms with van der Waals surface area (Å²) >= 11 is 0. The molecule has 1 atom stereocenters. The lowest BCUT2D eigenvalue weighted by atomic mass is 10.0. The van der Waals surface area contributed by atoms with Crippen LogP contribution in [0, 0.1) is 0 Å². The second-order valence-electron chi connectivity index (χ2n) is 5.46. The number of carbonyl (C=O) groups excluding carboxylic acids is 1. The summed E-state index contributed by atoms with van der Waals surface area (Å²) in [7, 11) is 0. The first-order valence-electron chi connectivity index (χ1n) is 7.50. The molecule has 1 unspecified atom stereocenters. The van der Waals surface area contributed by atoms with Crippen molar-refractivity contribution in [1.29, 1.82) is 0 Å². The highest BCUT2D eigenvalue weighted by Crippen LogP contribution is 2.31. The Hall–Kier alpha value is -2.29. The van der Waals surface area contributed by atoms with E-state index in [9.17, 15) is 4.79 Å². The molecule has 0 radical (unpaired) electrons. The van der Waals surface area contributed by atoms with E-state index in [1.807, 2.05) is 36.4 Å². The number of amides is 1. The molecule has 0 aliphatic carbocycles. The minimum Gasteiger partial charge on any atom is -0.384 e. The number of rotatable bonds is 4. The highest BCUT2D eigenvalue weighted by molar-refractivity contribution is 5.98. The number of anilines is 2. The summed E-state index contributed by atoms with van der Waals surface area (Å²) in [5.74, 6) is -0.0628. The van der Waals surface area contributed by atoms with Crippen molar-refractivity contribution in [1.82, 2.24) is 0 Å². The molecular formula is C18H20N2O. The Kier molecular flexibility index (Phi) is 3.91. The molecule has 1 amide bonds. The summed E-state index contributed by atoms with van der Waals surface area (Å²) in [5, 5.41) is 6.30. The topological polar surface area (TPSA) is 41.1 Å². The van der Waals surface area contributed by atoms with Crippen molar-refractivity contribution < 1.29 is 4.79 Å². The number of nitrogens with one attached hydrogen (secondary N) is 2. The summed E-state index contributed by atoms with van der Waals surface area (Å²) in [5.41, 5.74) is 4.32. The molecule has 0 fully saturated rings. The van der Waals surface area contributed by atoms with Gasteiger partial charge in [-0.15, -0.1) is 0 Å². The lowest BCUT2D eigenvalue weighted by Gasteiger charge is -2.11. The van der Waals surface area contributed by atoms with Gasteiger partial charge in [-0.05, 0) is 35.7 Å². The van der Waals surface area contributed by atoms with E-state index in [0.29, 0.717) is 6.54 Å². The maximum atomic E-state index is 12.4. The first-order valence-corrected chi connectivity index (χ1v) is 7.50. The number of benzene rings is 2. The van der Waals surface area contributed by atoms with Crippen LogP contribution in [0.3, 0.4) is 0 Å². The predicted molar refractivity (Wildman–Crippen MR) is 86.7 cm³/mol. The molecule has 3 rings (SSSR count). The fourth-order valence-electron chi connectivity index (χ4n) is 2.79. The minimum atomic E-state index is -0.114. The third-order valence-electron chi connectivity index (χ3n) is 3.91. The Balaban J connectivity index is 1.70.